The summed E-state index contributed by atoms with van der Waals surface area (Å²) in [6.45, 7) is 9.21. The molecule has 2 aliphatic rings. The molecule has 0 aromatic heterocycles. The third-order valence-corrected chi connectivity index (χ3v) is 5.87. The lowest BCUT2D eigenvalue weighted by molar-refractivity contribution is 0.152. The topological polar surface area (TPSA) is 34.1 Å². The number of piperazine rings is 1. The molecule has 0 aliphatic carbocycles. The van der Waals surface area contributed by atoms with E-state index in [4.69, 9.17) is 0 Å². The predicted octanol–water partition coefficient (Wildman–Crippen LogP) is 2.77. The van der Waals surface area contributed by atoms with Gasteiger partial charge in [-0.25, -0.2) is 0 Å². The summed E-state index contributed by atoms with van der Waals surface area (Å²) in [4.78, 5) is 11.9. The van der Waals surface area contributed by atoms with Gasteiger partial charge in [0.1, 0.15) is 0 Å². The van der Waals surface area contributed by atoms with Crippen LogP contribution in [0.15, 0.2) is 40.9 Å². The number of likely N-dealkylation sites (N-methyl/N-ethyl adjacent to an activating group) is 1. The Hall–Kier alpha value is -1.85. The molecule has 2 heterocycles. The Bertz CT molecular complexity index is 622. The molecule has 2 saturated heterocycles. The lowest BCUT2D eigenvalue weighted by Crippen LogP contribution is -2.45. The molecule has 0 unspecified atom stereocenters. The van der Waals surface area contributed by atoms with Crippen molar-refractivity contribution in [3.8, 4) is 0 Å². The van der Waals surface area contributed by atoms with E-state index in [1.54, 1.807) is 5.57 Å². The van der Waals surface area contributed by atoms with Crippen molar-refractivity contribution in [3.05, 3.63) is 41.5 Å². The summed E-state index contributed by atoms with van der Waals surface area (Å²) in [5.41, 5.74) is 2.86. The van der Waals surface area contributed by atoms with Gasteiger partial charge in [-0.05, 0) is 44.8 Å². The number of nitrogens with one attached hydrogen (secondary N) is 1. The van der Waals surface area contributed by atoms with Crippen LogP contribution in [0.2, 0.25) is 0 Å². The van der Waals surface area contributed by atoms with Gasteiger partial charge in [-0.3, -0.25) is 4.99 Å². The van der Waals surface area contributed by atoms with Gasteiger partial charge in [0.2, 0.25) is 0 Å². The van der Waals surface area contributed by atoms with E-state index in [2.05, 4.69) is 68.5 Å². The van der Waals surface area contributed by atoms with Gasteiger partial charge in [0, 0.05) is 52.9 Å². The lowest BCUT2D eigenvalue weighted by Gasteiger charge is -2.32. The minimum atomic E-state index is 1.02. The SMILES string of the molecule is CN=C(NCCCCN1CCN(C)CC1)N1CCC(=Cc2ccccc2)CC1. The highest BCUT2D eigenvalue weighted by molar-refractivity contribution is 5.80. The first-order valence-electron chi connectivity index (χ1n) is 10.9. The predicted molar refractivity (Wildman–Crippen MR) is 120 cm³/mol. The molecule has 1 aromatic carbocycles. The van der Waals surface area contributed by atoms with Crippen LogP contribution in [0.3, 0.4) is 0 Å². The van der Waals surface area contributed by atoms with E-state index >= 15 is 0 Å². The van der Waals surface area contributed by atoms with Crippen LogP contribution in [0, 0.1) is 0 Å². The molecular formula is C23H37N5. The highest BCUT2D eigenvalue weighted by Gasteiger charge is 2.17. The monoisotopic (exact) mass is 383 g/mol. The summed E-state index contributed by atoms with van der Waals surface area (Å²) in [5, 5.41) is 3.58. The maximum absolute atomic E-state index is 4.51. The van der Waals surface area contributed by atoms with Crippen LogP contribution >= 0.6 is 0 Å². The molecule has 0 saturated carbocycles. The molecule has 1 aromatic rings. The average molecular weight is 384 g/mol. The lowest BCUT2D eigenvalue weighted by atomic mass is 10.0. The first-order chi connectivity index (χ1) is 13.7. The summed E-state index contributed by atoms with van der Waals surface area (Å²) < 4.78 is 0. The largest absolute Gasteiger partial charge is 0.356 e. The molecule has 2 fully saturated rings. The van der Waals surface area contributed by atoms with E-state index in [-0.39, 0.29) is 0 Å². The molecule has 154 valence electrons. The Morgan fingerprint density at radius 2 is 1.71 bits per heavy atom. The highest BCUT2D eigenvalue weighted by Crippen LogP contribution is 2.19. The number of benzene rings is 1. The smallest absolute Gasteiger partial charge is 0.193 e. The Morgan fingerprint density at radius 1 is 1.00 bits per heavy atom. The van der Waals surface area contributed by atoms with Crippen molar-refractivity contribution in [1.82, 2.24) is 20.0 Å². The van der Waals surface area contributed by atoms with Crippen LogP contribution in [0.5, 0.6) is 0 Å². The van der Waals surface area contributed by atoms with Crippen molar-refractivity contribution < 1.29 is 0 Å². The van der Waals surface area contributed by atoms with Gasteiger partial charge < -0.3 is 20.0 Å². The molecule has 3 rings (SSSR count). The van der Waals surface area contributed by atoms with Gasteiger partial charge in [-0.1, -0.05) is 42.0 Å². The summed E-state index contributed by atoms with van der Waals surface area (Å²) in [5.74, 6) is 1.07. The van der Waals surface area contributed by atoms with Crippen LogP contribution in [-0.4, -0.2) is 87.1 Å². The Balaban J connectivity index is 1.33. The van der Waals surface area contributed by atoms with Gasteiger partial charge >= 0.3 is 0 Å². The number of nitrogens with zero attached hydrogens (tertiary/aromatic N) is 4. The van der Waals surface area contributed by atoms with Crippen molar-refractivity contribution in [2.24, 2.45) is 4.99 Å². The molecule has 2 aliphatic heterocycles. The van der Waals surface area contributed by atoms with Crippen molar-refractivity contribution >= 4 is 12.0 Å². The zero-order valence-electron chi connectivity index (χ0n) is 17.7. The Labute approximate surface area is 171 Å². The summed E-state index contributed by atoms with van der Waals surface area (Å²) in [7, 11) is 4.12. The van der Waals surface area contributed by atoms with Gasteiger partial charge in [0.25, 0.3) is 0 Å². The molecule has 0 spiro atoms. The van der Waals surface area contributed by atoms with Crippen LogP contribution < -0.4 is 5.32 Å². The standard InChI is InChI=1S/C23H37N5/c1-24-23(25-12-6-7-13-27-18-16-26(2)17-19-27)28-14-10-22(11-15-28)20-21-8-4-3-5-9-21/h3-5,8-9,20H,6-7,10-19H2,1-2H3,(H,24,25). The number of aliphatic imine (C=N–C) groups is 1. The van der Waals surface area contributed by atoms with E-state index in [0.717, 1.165) is 38.4 Å². The maximum Gasteiger partial charge on any atom is 0.193 e. The van der Waals surface area contributed by atoms with Gasteiger partial charge in [-0.15, -0.1) is 0 Å². The molecule has 0 atom stereocenters. The minimum Gasteiger partial charge on any atom is -0.356 e. The van der Waals surface area contributed by atoms with Crippen LogP contribution in [0.1, 0.15) is 31.2 Å². The average Bonchev–Trinajstić information content (AvgIpc) is 2.74. The van der Waals surface area contributed by atoms with E-state index in [0.29, 0.717) is 0 Å². The van der Waals surface area contributed by atoms with Crippen LogP contribution in [-0.2, 0) is 0 Å². The number of likely N-dealkylation sites (tertiary alicyclic amines) is 1. The second kappa shape index (κ2) is 11.2. The van der Waals surface area contributed by atoms with Crippen LogP contribution in [0.25, 0.3) is 6.08 Å². The maximum atomic E-state index is 4.51. The molecular weight excluding hydrogens is 346 g/mol. The quantitative estimate of drug-likeness (QED) is 0.465. The Morgan fingerprint density at radius 3 is 2.39 bits per heavy atom. The molecule has 28 heavy (non-hydrogen) atoms. The fourth-order valence-electron chi connectivity index (χ4n) is 4.00. The fourth-order valence-corrected chi connectivity index (χ4v) is 4.00. The molecule has 5 heteroatoms. The second-order valence-electron chi connectivity index (χ2n) is 8.03. The number of hydrogen-bond acceptors (Lipinski definition) is 3. The van der Waals surface area contributed by atoms with Crippen LogP contribution in [0.4, 0.5) is 0 Å². The summed E-state index contributed by atoms with van der Waals surface area (Å²) >= 11 is 0. The zero-order chi connectivity index (χ0) is 19.6. The van der Waals surface area contributed by atoms with Gasteiger partial charge in [0.05, 0.1) is 0 Å². The summed E-state index contributed by atoms with van der Waals surface area (Å²) in [6, 6.07) is 10.7. The minimum absolute atomic E-state index is 1.02. The Kier molecular flexibility index (Phi) is 8.37. The first-order valence-corrected chi connectivity index (χ1v) is 10.9. The molecule has 0 radical (unpaired) electrons. The zero-order valence-corrected chi connectivity index (χ0v) is 17.7. The van der Waals surface area contributed by atoms with E-state index in [1.165, 1.54) is 51.1 Å². The van der Waals surface area contributed by atoms with Gasteiger partial charge in [-0.2, -0.15) is 0 Å². The highest BCUT2D eigenvalue weighted by atomic mass is 15.3. The van der Waals surface area contributed by atoms with Crippen molar-refractivity contribution in [2.75, 3.05) is 66.5 Å². The van der Waals surface area contributed by atoms with E-state index < -0.39 is 0 Å². The second-order valence-corrected chi connectivity index (χ2v) is 8.03. The van der Waals surface area contributed by atoms with E-state index in [1.807, 2.05) is 7.05 Å². The van der Waals surface area contributed by atoms with E-state index in [9.17, 15) is 0 Å². The fraction of sp³-hybridized carbons (Fsp3) is 0.609. The first kappa shape index (κ1) is 20.9. The molecule has 5 nitrogen and oxygen atoms in total. The molecule has 0 amide bonds. The number of piperidine rings is 1. The number of rotatable bonds is 6. The number of hydrogen-bond donors (Lipinski definition) is 1. The third-order valence-electron chi connectivity index (χ3n) is 5.87. The number of unbranched alkanes of at least 4 members (excludes halogenated alkanes) is 1. The normalized spacial score (nSPS) is 19.7. The number of guanidine groups is 1. The van der Waals surface area contributed by atoms with Gasteiger partial charge in [0.15, 0.2) is 5.96 Å². The van der Waals surface area contributed by atoms with Crippen molar-refractivity contribution in [3.63, 3.8) is 0 Å². The third kappa shape index (κ3) is 6.64. The van der Waals surface area contributed by atoms with Crippen molar-refractivity contribution in [2.45, 2.75) is 25.7 Å². The molecule has 1 N–H and O–H groups in total. The van der Waals surface area contributed by atoms with Crippen molar-refractivity contribution in [1.29, 1.82) is 0 Å². The summed E-state index contributed by atoms with van der Waals surface area (Å²) in [6.07, 6.45) is 7.07. The molecule has 0 bridgehead atoms.